The van der Waals surface area contributed by atoms with Gasteiger partial charge in [-0.25, -0.2) is 0 Å². The van der Waals surface area contributed by atoms with Crippen LogP contribution < -0.4 is 4.90 Å². The largest absolute Gasteiger partial charge is 0.480 e. The van der Waals surface area contributed by atoms with E-state index >= 15 is 0 Å². The lowest BCUT2D eigenvalue weighted by atomic mass is 10.1. The molecule has 0 unspecified atom stereocenters. The van der Waals surface area contributed by atoms with Crippen LogP contribution in [-0.4, -0.2) is 24.2 Å². The van der Waals surface area contributed by atoms with Crippen LogP contribution in [0.25, 0.3) is 0 Å². The first-order valence-electron chi connectivity index (χ1n) is 5.72. The van der Waals surface area contributed by atoms with Gasteiger partial charge in [0, 0.05) is 6.54 Å². The summed E-state index contributed by atoms with van der Waals surface area (Å²) < 4.78 is 0. The SMILES string of the molecule is CC(C)CCN(CC(=O)O)c1ccccc1Cl. The van der Waals surface area contributed by atoms with Gasteiger partial charge >= 0.3 is 5.97 Å². The molecule has 1 rings (SSSR count). The van der Waals surface area contributed by atoms with E-state index in [1.807, 2.05) is 23.1 Å². The van der Waals surface area contributed by atoms with Gasteiger partial charge in [0.05, 0.1) is 10.7 Å². The van der Waals surface area contributed by atoms with Gasteiger partial charge in [0.15, 0.2) is 0 Å². The molecule has 0 fully saturated rings. The fraction of sp³-hybridized carbons (Fsp3) is 0.462. The minimum atomic E-state index is -0.839. The van der Waals surface area contributed by atoms with Gasteiger partial charge in [0.25, 0.3) is 0 Å². The number of hydrogen-bond acceptors (Lipinski definition) is 2. The molecule has 0 aliphatic carbocycles. The van der Waals surface area contributed by atoms with Gasteiger partial charge in [0.2, 0.25) is 0 Å². The Bertz CT molecular complexity index is 379. The zero-order valence-corrected chi connectivity index (χ0v) is 10.9. The number of rotatable bonds is 6. The van der Waals surface area contributed by atoms with Gasteiger partial charge in [-0.15, -0.1) is 0 Å². The Labute approximate surface area is 107 Å². The van der Waals surface area contributed by atoms with E-state index in [-0.39, 0.29) is 6.54 Å². The summed E-state index contributed by atoms with van der Waals surface area (Å²) in [6.45, 7) is 4.92. The maximum Gasteiger partial charge on any atom is 0.323 e. The number of carboxylic acids is 1. The Hall–Kier alpha value is -1.22. The minimum absolute atomic E-state index is 0.0174. The Morgan fingerprint density at radius 2 is 2.06 bits per heavy atom. The number of carboxylic acid groups (broad SMARTS) is 1. The van der Waals surface area contributed by atoms with Crippen LogP contribution in [0, 0.1) is 5.92 Å². The number of para-hydroxylation sites is 1. The van der Waals surface area contributed by atoms with Gasteiger partial charge in [-0.05, 0) is 24.5 Å². The maximum absolute atomic E-state index is 10.9. The number of aliphatic carboxylic acids is 1. The number of carbonyl (C=O) groups is 1. The molecule has 0 bridgehead atoms. The first-order valence-corrected chi connectivity index (χ1v) is 6.09. The van der Waals surface area contributed by atoms with Crippen molar-refractivity contribution in [3.63, 3.8) is 0 Å². The summed E-state index contributed by atoms with van der Waals surface area (Å²) in [5, 5.41) is 9.51. The first kappa shape index (κ1) is 13.8. The Kier molecular flexibility index (Phi) is 5.29. The van der Waals surface area contributed by atoms with E-state index in [1.54, 1.807) is 6.07 Å². The van der Waals surface area contributed by atoms with Crippen LogP contribution in [0.3, 0.4) is 0 Å². The van der Waals surface area contributed by atoms with Crippen LogP contribution in [-0.2, 0) is 4.79 Å². The predicted molar refractivity (Wildman–Crippen MR) is 70.8 cm³/mol. The van der Waals surface area contributed by atoms with E-state index < -0.39 is 5.97 Å². The van der Waals surface area contributed by atoms with Gasteiger partial charge in [-0.2, -0.15) is 0 Å². The fourth-order valence-electron chi connectivity index (χ4n) is 1.57. The summed E-state index contributed by atoms with van der Waals surface area (Å²) in [6.07, 6.45) is 0.943. The molecule has 0 radical (unpaired) electrons. The van der Waals surface area contributed by atoms with Crippen molar-refractivity contribution < 1.29 is 9.90 Å². The molecule has 0 aliphatic heterocycles. The van der Waals surface area contributed by atoms with Crippen molar-refractivity contribution in [1.82, 2.24) is 0 Å². The van der Waals surface area contributed by atoms with Gasteiger partial charge in [-0.1, -0.05) is 37.6 Å². The van der Waals surface area contributed by atoms with E-state index in [0.29, 0.717) is 17.5 Å². The number of hydrogen-bond donors (Lipinski definition) is 1. The molecule has 1 N–H and O–H groups in total. The molecule has 0 saturated heterocycles. The molecule has 0 aromatic heterocycles. The Morgan fingerprint density at radius 3 is 2.59 bits per heavy atom. The lowest BCUT2D eigenvalue weighted by Gasteiger charge is -2.24. The third-order valence-electron chi connectivity index (χ3n) is 2.50. The van der Waals surface area contributed by atoms with Gasteiger partial charge < -0.3 is 10.0 Å². The van der Waals surface area contributed by atoms with Gasteiger partial charge in [0.1, 0.15) is 6.54 Å². The molecule has 0 spiro atoms. The highest BCUT2D eigenvalue weighted by Crippen LogP contribution is 2.25. The highest BCUT2D eigenvalue weighted by atomic mass is 35.5. The third-order valence-corrected chi connectivity index (χ3v) is 2.82. The number of benzene rings is 1. The van der Waals surface area contributed by atoms with Crippen molar-refractivity contribution in [1.29, 1.82) is 0 Å². The minimum Gasteiger partial charge on any atom is -0.480 e. The summed E-state index contributed by atoms with van der Waals surface area (Å²) in [5.41, 5.74) is 0.789. The summed E-state index contributed by atoms with van der Waals surface area (Å²) in [6, 6.07) is 7.34. The molecule has 1 aromatic rings. The van der Waals surface area contributed by atoms with Crippen LogP contribution in [0.4, 0.5) is 5.69 Å². The lowest BCUT2D eigenvalue weighted by molar-refractivity contribution is -0.135. The van der Waals surface area contributed by atoms with E-state index in [0.717, 1.165) is 12.1 Å². The molecule has 3 nitrogen and oxygen atoms in total. The summed E-state index contributed by atoms with van der Waals surface area (Å²) in [4.78, 5) is 12.7. The zero-order valence-electron chi connectivity index (χ0n) is 10.2. The van der Waals surface area contributed by atoms with Crippen LogP contribution in [0.15, 0.2) is 24.3 Å². The van der Waals surface area contributed by atoms with Crippen LogP contribution in [0.2, 0.25) is 5.02 Å². The molecule has 4 heteroatoms. The van der Waals surface area contributed by atoms with Crippen molar-refractivity contribution in [3.05, 3.63) is 29.3 Å². The highest BCUT2D eigenvalue weighted by Gasteiger charge is 2.13. The smallest absolute Gasteiger partial charge is 0.323 e. The molecule has 1 aromatic carbocycles. The van der Waals surface area contributed by atoms with Crippen LogP contribution in [0.5, 0.6) is 0 Å². The Balaban J connectivity index is 2.82. The van der Waals surface area contributed by atoms with Crippen molar-refractivity contribution in [2.75, 3.05) is 18.0 Å². The van der Waals surface area contributed by atoms with Crippen molar-refractivity contribution in [2.24, 2.45) is 5.92 Å². The quantitative estimate of drug-likeness (QED) is 0.848. The zero-order chi connectivity index (χ0) is 12.8. The van der Waals surface area contributed by atoms with Gasteiger partial charge in [-0.3, -0.25) is 4.79 Å². The lowest BCUT2D eigenvalue weighted by Crippen LogP contribution is -2.31. The van der Waals surface area contributed by atoms with E-state index in [4.69, 9.17) is 16.7 Å². The van der Waals surface area contributed by atoms with E-state index in [1.165, 1.54) is 0 Å². The number of nitrogens with zero attached hydrogens (tertiary/aromatic N) is 1. The molecule has 17 heavy (non-hydrogen) atoms. The molecule has 0 atom stereocenters. The number of anilines is 1. The average Bonchev–Trinajstić information content (AvgIpc) is 2.24. The molecule has 0 saturated carbocycles. The van der Waals surface area contributed by atoms with Crippen molar-refractivity contribution in [2.45, 2.75) is 20.3 Å². The fourth-order valence-corrected chi connectivity index (χ4v) is 1.83. The molecular formula is C13H18ClNO2. The average molecular weight is 256 g/mol. The normalized spacial score (nSPS) is 10.6. The topological polar surface area (TPSA) is 40.5 Å². The predicted octanol–water partition coefficient (Wildman–Crippen LogP) is 3.28. The second kappa shape index (κ2) is 6.50. The second-order valence-corrected chi connectivity index (χ2v) is 4.86. The highest BCUT2D eigenvalue weighted by molar-refractivity contribution is 6.33. The molecule has 0 amide bonds. The molecular weight excluding hydrogens is 238 g/mol. The molecule has 0 aliphatic rings. The first-order chi connectivity index (χ1) is 8.00. The summed E-state index contributed by atoms with van der Waals surface area (Å²) in [7, 11) is 0. The molecule has 0 heterocycles. The van der Waals surface area contributed by atoms with Crippen LogP contribution in [0.1, 0.15) is 20.3 Å². The third kappa shape index (κ3) is 4.65. The molecule has 94 valence electrons. The maximum atomic E-state index is 10.9. The summed E-state index contributed by atoms with van der Waals surface area (Å²) in [5.74, 6) is -0.303. The Morgan fingerprint density at radius 1 is 1.41 bits per heavy atom. The van der Waals surface area contributed by atoms with E-state index in [2.05, 4.69) is 13.8 Å². The summed E-state index contributed by atoms with van der Waals surface area (Å²) >= 11 is 6.08. The van der Waals surface area contributed by atoms with Crippen molar-refractivity contribution in [3.8, 4) is 0 Å². The number of halogens is 1. The second-order valence-electron chi connectivity index (χ2n) is 4.45. The van der Waals surface area contributed by atoms with Crippen LogP contribution >= 0.6 is 11.6 Å². The monoisotopic (exact) mass is 255 g/mol. The van der Waals surface area contributed by atoms with Crippen molar-refractivity contribution >= 4 is 23.3 Å². The standard InChI is InChI=1S/C13H18ClNO2/c1-10(2)7-8-15(9-13(16)17)12-6-4-3-5-11(12)14/h3-6,10H,7-9H2,1-2H3,(H,16,17). The van der Waals surface area contributed by atoms with E-state index in [9.17, 15) is 4.79 Å².